The average Bonchev–Trinajstić information content (AvgIpc) is 3.53. The highest BCUT2D eigenvalue weighted by Gasteiger charge is 2.32. The number of benzene rings is 2. The molecule has 0 amide bonds. The number of likely N-dealkylation sites (tertiary alicyclic amines) is 1. The average molecular weight is 715 g/mol. The molecule has 248 valence electrons. The number of rotatable bonds is 9. The second-order valence-electron chi connectivity index (χ2n) is 12.9. The summed E-state index contributed by atoms with van der Waals surface area (Å²) < 4.78 is 31.6. The number of methoxy groups -OCH3 is 1. The van der Waals surface area contributed by atoms with Gasteiger partial charge in [0.15, 0.2) is 11.5 Å². The minimum absolute atomic E-state index is 0.397. The molecule has 0 saturated carbocycles. The SMILES string of the molecule is COc1cc(N2CCC(N3CC[C@@H](N(C)C)C3)CC2)c(C)cc1Nc1ncc(Br)c(Nc2ccc3c(c2P(C)(C)=O)OCCO3)n1. The van der Waals surface area contributed by atoms with Gasteiger partial charge in [-0.1, -0.05) is 0 Å². The zero-order valence-electron chi connectivity index (χ0n) is 27.6. The Morgan fingerprint density at radius 2 is 1.80 bits per heavy atom. The molecule has 13 heteroatoms. The molecule has 0 unspecified atom stereocenters. The van der Waals surface area contributed by atoms with Gasteiger partial charge in [0.2, 0.25) is 5.95 Å². The Balaban J connectivity index is 1.18. The fraction of sp³-hybridized carbons (Fsp3) is 0.515. The molecule has 3 aliphatic heterocycles. The Hall–Kier alpha value is -3.05. The number of likely N-dealkylation sites (N-methyl/N-ethyl adjacent to an activating group) is 1. The van der Waals surface area contributed by atoms with Gasteiger partial charge in [-0.25, -0.2) is 4.98 Å². The van der Waals surface area contributed by atoms with Crippen LogP contribution < -0.4 is 35.0 Å². The van der Waals surface area contributed by atoms with Crippen LogP contribution in [0.3, 0.4) is 0 Å². The summed E-state index contributed by atoms with van der Waals surface area (Å²) in [5, 5.41) is 7.32. The van der Waals surface area contributed by atoms with E-state index in [1.807, 2.05) is 12.1 Å². The third-order valence-electron chi connectivity index (χ3n) is 9.23. The van der Waals surface area contributed by atoms with Crippen molar-refractivity contribution in [2.24, 2.45) is 0 Å². The Morgan fingerprint density at radius 1 is 1.04 bits per heavy atom. The lowest BCUT2D eigenvalue weighted by Gasteiger charge is -2.38. The maximum atomic E-state index is 13.4. The van der Waals surface area contributed by atoms with E-state index in [9.17, 15) is 4.57 Å². The molecule has 0 radical (unpaired) electrons. The number of aryl methyl sites for hydroxylation is 1. The third kappa shape index (κ3) is 6.95. The zero-order valence-corrected chi connectivity index (χ0v) is 30.1. The molecule has 1 atom stereocenters. The summed E-state index contributed by atoms with van der Waals surface area (Å²) in [4.78, 5) is 16.8. The predicted octanol–water partition coefficient (Wildman–Crippen LogP) is 5.67. The normalized spacial score (nSPS) is 19.0. The highest BCUT2D eigenvalue weighted by atomic mass is 79.9. The number of nitrogens with zero attached hydrogens (tertiary/aromatic N) is 5. The quantitative estimate of drug-likeness (QED) is 0.268. The summed E-state index contributed by atoms with van der Waals surface area (Å²) in [6.07, 6.45) is 5.28. The summed E-state index contributed by atoms with van der Waals surface area (Å²) in [6, 6.07) is 9.22. The van der Waals surface area contributed by atoms with Crippen LogP contribution in [0.5, 0.6) is 17.2 Å². The monoisotopic (exact) mass is 713 g/mol. The van der Waals surface area contributed by atoms with Crippen LogP contribution in [0.2, 0.25) is 0 Å². The van der Waals surface area contributed by atoms with Gasteiger partial charge in [0.05, 0.1) is 28.3 Å². The van der Waals surface area contributed by atoms with Gasteiger partial charge >= 0.3 is 0 Å². The number of anilines is 5. The molecule has 0 aliphatic carbocycles. The molecule has 11 nitrogen and oxygen atoms in total. The van der Waals surface area contributed by atoms with Crippen molar-refractivity contribution in [2.75, 3.05) is 89.5 Å². The molecule has 1 aromatic heterocycles. The van der Waals surface area contributed by atoms with Crippen molar-refractivity contribution in [1.29, 1.82) is 0 Å². The van der Waals surface area contributed by atoms with Crippen LogP contribution in [0.1, 0.15) is 24.8 Å². The van der Waals surface area contributed by atoms with Crippen molar-refractivity contribution in [3.63, 3.8) is 0 Å². The first-order chi connectivity index (χ1) is 22.0. The first-order valence-electron chi connectivity index (χ1n) is 15.9. The van der Waals surface area contributed by atoms with Crippen LogP contribution in [0.25, 0.3) is 0 Å². The summed E-state index contributed by atoms with van der Waals surface area (Å²) in [5.74, 6) is 2.76. The Bertz CT molecular complexity index is 1630. The molecule has 3 aromatic rings. The molecule has 3 aliphatic rings. The molecule has 2 N–H and O–H groups in total. The summed E-state index contributed by atoms with van der Waals surface area (Å²) in [6.45, 7) is 10.9. The number of hydrogen-bond donors (Lipinski definition) is 2. The number of halogens is 1. The molecule has 2 fully saturated rings. The smallest absolute Gasteiger partial charge is 0.229 e. The highest BCUT2D eigenvalue weighted by molar-refractivity contribution is 9.10. The number of aromatic nitrogens is 2. The van der Waals surface area contributed by atoms with Crippen molar-refractivity contribution >= 4 is 57.2 Å². The largest absolute Gasteiger partial charge is 0.494 e. The van der Waals surface area contributed by atoms with E-state index in [1.165, 1.54) is 38.0 Å². The van der Waals surface area contributed by atoms with E-state index in [0.717, 1.165) is 30.1 Å². The maximum Gasteiger partial charge on any atom is 0.229 e. The predicted molar refractivity (Wildman–Crippen MR) is 189 cm³/mol. The van der Waals surface area contributed by atoms with E-state index >= 15 is 0 Å². The van der Waals surface area contributed by atoms with Crippen LogP contribution in [0, 0.1) is 6.92 Å². The van der Waals surface area contributed by atoms with Gasteiger partial charge in [-0.15, -0.1) is 0 Å². The number of ether oxygens (including phenoxy) is 3. The second kappa shape index (κ2) is 13.6. The number of hydrogen-bond acceptors (Lipinski definition) is 11. The number of fused-ring (bicyclic) bond motifs is 1. The zero-order chi connectivity index (χ0) is 32.6. The van der Waals surface area contributed by atoms with E-state index in [2.05, 4.69) is 79.4 Å². The van der Waals surface area contributed by atoms with Gasteiger partial charge in [0, 0.05) is 56.2 Å². The lowest BCUT2D eigenvalue weighted by Crippen LogP contribution is -2.45. The van der Waals surface area contributed by atoms with Crippen LogP contribution in [0.15, 0.2) is 34.9 Å². The van der Waals surface area contributed by atoms with Gasteiger partial charge in [0.25, 0.3) is 0 Å². The molecule has 0 bridgehead atoms. The van der Waals surface area contributed by atoms with Crippen LogP contribution >= 0.6 is 23.1 Å². The minimum Gasteiger partial charge on any atom is -0.494 e. The summed E-state index contributed by atoms with van der Waals surface area (Å²) in [5.41, 5.74) is 3.79. The fourth-order valence-corrected chi connectivity index (χ4v) is 8.44. The molecule has 6 rings (SSSR count). The fourth-order valence-electron chi connectivity index (χ4n) is 6.78. The Kier molecular flexibility index (Phi) is 9.71. The molecule has 2 aromatic carbocycles. The van der Waals surface area contributed by atoms with E-state index in [0.29, 0.717) is 64.0 Å². The lowest BCUT2D eigenvalue weighted by molar-refractivity contribution is 0.173. The van der Waals surface area contributed by atoms with Crippen molar-refractivity contribution < 1.29 is 18.8 Å². The lowest BCUT2D eigenvalue weighted by atomic mass is 10.0. The standard InChI is InChI=1S/C33H45BrN7O4P/c1-21-17-26(29(43-4)18-27(21)40-12-9-22(10-13-40)41-14-11-23(20-41)39(2)3)37-33-35-19-24(34)32(38-33)36-25-7-8-28-30(45-16-15-44-28)31(25)46(5,6)42/h7-8,17-19,22-23H,9-16,20H2,1-6H3,(H2,35,36,37,38)/t23-/m1/s1. The molecule has 2 saturated heterocycles. The Morgan fingerprint density at radius 3 is 2.50 bits per heavy atom. The van der Waals surface area contributed by atoms with Gasteiger partial charge in [-0.05, 0) is 93.3 Å². The van der Waals surface area contributed by atoms with Crippen molar-refractivity contribution in [3.8, 4) is 17.2 Å². The summed E-state index contributed by atoms with van der Waals surface area (Å²) in [7, 11) is 3.33. The summed E-state index contributed by atoms with van der Waals surface area (Å²) >= 11 is 3.58. The first-order valence-corrected chi connectivity index (χ1v) is 19.3. The van der Waals surface area contributed by atoms with Crippen molar-refractivity contribution in [2.45, 2.75) is 38.3 Å². The molecule has 0 spiro atoms. The van der Waals surface area contributed by atoms with E-state index < -0.39 is 7.14 Å². The van der Waals surface area contributed by atoms with Gasteiger partial charge < -0.3 is 39.2 Å². The molecular formula is C33H45BrN7O4P. The number of piperidine rings is 1. The van der Waals surface area contributed by atoms with E-state index in [4.69, 9.17) is 19.2 Å². The van der Waals surface area contributed by atoms with E-state index in [1.54, 1.807) is 26.6 Å². The Labute approximate surface area is 280 Å². The maximum absolute atomic E-state index is 13.4. The van der Waals surface area contributed by atoms with Crippen LogP contribution in [-0.2, 0) is 4.57 Å². The van der Waals surface area contributed by atoms with Crippen LogP contribution in [0.4, 0.5) is 28.8 Å². The third-order valence-corrected chi connectivity index (χ3v) is 11.3. The van der Waals surface area contributed by atoms with Gasteiger partial charge in [-0.2, -0.15) is 4.98 Å². The van der Waals surface area contributed by atoms with E-state index in [-0.39, 0.29) is 0 Å². The highest BCUT2D eigenvalue weighted by Crippen LogP contribution is 2.47. The topological polar surface area (TPSA) is 104 Å². The first kappa shape index (κ1) is 32.9. The number of nitrogens with one attached hydrogen (secondary N) is 2. The van der Waals surface area contributed by atoms with Gasteiger partial charge in [0.1, 0.15) is 31.9 Å². The van der Waals surface area contributed by atoms with Crippen molar-refractivity contribution in [1.82, 2.24) is 19.8 Å². The van der Waals surface area contributed by atoms with Crippen molar-refractivity contribution in [3.05, 3.63) is 40.5 Å². The second-order valence-corrected chi connectivity index (χ2v) is 16.9. The van der Waals surface area contributed by atoms with Crippen LogP contribution in [-0.4, -0.2) is 106 Å². The molecule has 4 heterocycles. The molecular weight excluding hydrogens is 669 g/mol. The molecule has 46 heavy (non-hydrogen) atoms. The van der Waals surface area contributed by atoms with Gasteiger partial charge in [-0.3, -0.25) is 4.90 Å². The minimum atomic E-state index is -2.75.